The molecule has 0 radical (unpaired) electrons. The van der Waals surface area contributed by atoms with E-state index in [-0.39, 0.29) is 6.61 Å². The van der Waals surface area contributed by atoms with Gasteiger partial charge in [0.1, 0.15) is 6.10 Å². The standard InChI is InChI=1S/C17H18O4/c1-20-17(19)16(15(18)14-10-6-3-7-11-14)21-12-13-8-4-2-5-9-13/h2-11,15-16,18H,12H2,1H3. The summed E-state index contributed by atoms with van der Waals surface area (Å²) in [6.07, 6.45) is -2.13. The minimum atomic E-state index is -1.07. The summed E-state index contributed by atoms with van der Waals surface area (Å²) in [5, 5.41) is 10.3. The van der Waals surface area contributed by atoms with Crippen molar-refractivity contribution in [2.45, 2.75) is 18.8 Å². The first-order chi connectivity index (χ1) is 10.2. The van der Waals surface area contributed by atoms with Crippen LogP contribution in [0.1, 0.15) is 17.2 Å². The first kappa shape index (κ1) is 15.2. The van der Waals surface area contributed by atoms with E-state index in [9.17, 15) is 9.90 Å². The Labute approximate surface area is 123 Å². The zero-order chi connectivity index (χ0) is 15.1. The second kappa shape index (κ2) is 7.57. The molecule has 2 aromatic rings. The van der Waals surface area contributed by atoms with Crippen LogP contribution in [0.5, 0.6) is 0 Å². The molecule has 2 aromatic carbocycles. The lowest BCUT2D eigenvalue weighted by Gasteiger charge is -2.21. The quantitative estimate of drug-likeness (QED) is 0.829. The fourth-order valence-corrected chi connectivity index (χ4v) is 1.99. The van der Waals surface area contributed by atoms with Crippen LogP contribution in [0.2, 0.25) is 0 Å². The molecule has 2 atom stereocenters. The molecule has 0 heterocycles. The van der Waals surface area contributed by atoms with Gasteiger partial charge in [0.25, 0.3) is 0 Å². The van der Waals surface area contributed by atoms with Crippen molar-refractivity contribution in [1.29, 1.82) is 0 Å². The van der Waals surface area contributed by atoms with Gasteiger partial charge < -0.3 is 14.6 Å². The third-order valence-electron chi connectivity index (χ3n) is 3.13. The second-order valence-electron chi connectivity index (χ2n) is 4.60. The van der Waals surface area contributed by atoms with Crippen LogP contribution in [0.25, 0.3) is 0 Å². The maximum atomic E-state index is 11.8. The summed E-state index contributed by atoms with van der Waals surface area (Å²) in [5.41, 5.74) is 1.53. The molecule has 0 aliphatic carbocycles. The average Bonchev–Trinajstić information content (AvgIpc) is 2.56. The third-order valence-corrected chi connectivity index (χ3v) is 3.13. The number of rotatable bonds is 6. The Morgan fingerprint density at radius 3 is 2.19 bits per heavy atom. The van der Waals surface area contributed by atoms with Crippen molar-refractivity contribution in [2.75, 3.05) is 7.11 Å². The molecule has 2 rings (SSSR count). The Hall–Kier alpha value is -2.17. The summed E-state index contributed by atoms with van der Waals surface area (Å²) in [4.78, 5) is 11.8. The summed E-state index contributed by atoms with van der Waals surface area (Å²) in [7, 11) is 1.28. The van der Waals surface area contributed by atoms with Crippen LogP contribution in [0.4, 0.5) is 0 Å². The van der Waals surface area contributed by atoms with Crippen LogP contribution >= 0.6 is 0 Å². The summed E-state index contributed by atoms with van der Waals surface area (Å²) >= 11 is 0. The molecule has 4 heteroatoms. The Kier molecular flexibility index (Phi) is 5.49. The van der Waals surface area contributed by atoms with Crippen LogP contribution in [0, 0.1) is 0 Å². The highest BCUT2D eigenvalue weighted by Gasteiger charge is 2.29. The molecule has 110 valence electrons. The maximum absolute atomic E-state index is 11.8. The van der Waals surface area contributed by atoms with E-state index < -0.39 is 18.2 Å². The Balaban J connectivity index is 2.09. The predicted molar refractivity (Wildman–Crippen MR) is 78.4 cm³/mol. The molecule has 4 nitrogen and oxygen atoms in total. The predicted octanol–water partition coefficient (Wildman–Crippen LogP) is 2.48. The first-order valence-electron chi connectivity index (χ1n) is 6.68. The van der Waals surface area contributed by atoms with Crippen LogP contribution in [0.3, 0.4) is 0 Å². The van der Waals surface area contributed by atoms with Gasteiger partial charge in [0.15, 0.2) is 6.10 Å². The Morgan fingerprint density at radius 2 is 1.62 bits per heavy atom. The molecule has 0 saturated heterocycles. The van der Waals surface area contributed by atoms with Gasteiger partial charge in [-0.25, -0.2) is 4.79 Å². The maximum Gasteiger partial charge on any atom is 0.338 e. The van der Waals surface area contributed by atoms with Crippen LogP contribution in [0.15, 0.2) is 60.7 Å². The molecule has 0 saturated carbocycles. The fraction of sp³-hybridized carbons (Fsp3) is 0.235. The van der Waals surface area contributed by atoms with Gasteiger partial charge in [0, 0.05) is 0 Å². The van der Waals surface area contributed by atoms with Crippen LogP contribution in [-0.2, 0) is 20.9 Å². The highest BCUT2D eigenvalue weighted by molar-refractivity contribution is 5.75. The van der Waals surface area contributed by atoms with Gasteiger partial charge >= 0.3 is 5.97 Å². The Morgan fingerprint density at radius 1 is 1.05 bits per heavy atom. The number of ether oxygens (including phenoxy) is 2. The summed E-state index contributed by atoms with van der Waals surface area (Å²) in [5.74, 6) is -0.595. The van der Waals surface area contributed by atoms with E-state index in [0.29, 0.717) is 5.56 Å². The van der Waals surface area contributed by atoms with Gasteiger partial charge in [0.05, 0.1) is 13.7 Å². The number of methoxy groups -OCH3 is 1. The largest absolute Gasteiger partial charge is 0.467 e. The summed E-state index contributed by atoms with van der Waals surface area (Å²) in [6.45, 7) is 0.227. The number of carbonyl (C=O) groups excluding carboxylic acids is 1. The van der Waals surface area contributed by atoms with Gasteiger partial charge in [-0.05, 0) is 11.1 Å². The molecule has 1 N–H and O–H groups in total. The minimum Gasteiger partial charge on any atom is -0.467 e. The van der Waals surface area contributed by atoms with E-state index in [1.54, 1.807) is 24.3 Å². The molecule has 0 aliphatic rings. The third kappa shape index (κ3) is 4.15. The van der Waals surface area contributed by atoms with E-state index in [0.717, 1.165) is 5.56 Å². The van der Waals surface area contributed by atoms with E-state index >= 15 is 0 Å². The molecule has 0 spiro atoms. The number of hydrogen-bond acceptors (Lipinski definition) is 4. The monoisotopic (exact) mass is 286 g/mol. The van der Waals surface area contributed by atoms with Gasteiger partial charge in [-0.1, -0.05) is 60.7 Å². The number of aliphatic hydroxyl groups is 1. The lowest BCUT2D eigenvalue weighted by atomic mass is 10.0. The van der Waals surface area contributed by atoms with Gasteiger partial charge in [-0.2, -0.15) is 0 Å². The van der Waals surface area contributed by atoms with E-state index in [1.165, 1.54) is 7.11 Å². The summed E-state index contributed by atoms with van der Waals surface area (Å²) < 4.78 is 10.3. The van der Waals surface area contributed by atoms with E-state index in [1.807, 2.05) is 36.4 Å². The smallest absolute Gasteiger partial charge is 0.338 e. The minimum absolute atomic E-state index is 0.227. The molecule has 2 unspecified atom stereocenters. The lowest BCUT2D eigenvalue weighted by molar-refractivity contribution is -0.164. The average molecular weight is 286 g/mol. The molecular weight excluding hydrogens is 268 g/mol. The zero-order valence-electron chi connectivity index (χ0n) is 11.8. The normalized spacial score (nSPS) is 13.4. The molecule has 0 amide bonds. The van der Waals surface area contributed by atoms with Crippen molar-refractivity contribution < 1.29 is 19.4 Å². The van der Waals surface area contributed by atoms with Crippen molar-refractivity contribution in [3.63, 3.8) is 0 Å². The molecule has 0 aromatic heterocycles. The number of benzene rings is 2. The van der Waals surface area contributed by atoms with E-state index in [2.05, 4.69) is 0 Å². The van der Waals surface area contributed by atoms with Crippen molar-refractivity contribution in [1.82, 2.24) is 0 Å². The molecular formula is C17H18O4. The first-order valence-corrected chi connectivity index (χ1v) is 6.68. The highest BCUT2D eigenvalue weighted by Crippen LogP contribution is 2.21. The van der Waals surface area contributed by atoms with Crippen molar-refractivity contribution in [3.8, 4) is 0 Å². The highest BCUT2D eigenvalue weighted by atomic mass is 16.6. The number of esters is 1. The van der Waals surface area contributed by atoms with Crippen molar-refractivity contribution in [3.05, 3.63) is 71.8 Å². The molecule has 0 aliphatic heterocycles. The van der Waals surface area contributed by atoms with Crippen molar-refractivity contribution >= 4 is 5.97 Å². The number of hydrogen-bond donors (Lipinski definition) is 1. The van der Waals surface area contributed by atoms with Crippen LogP contribution < -0.4 is 0 Å². The number of aliphatic hydroxyl groups excluding tert-OH is 1. The van der Waals surface area contributed by atoms with Gasteiger partial charge in [0.2, 0.25) is 0 Å². The number of carbonyl (C=O) groups is 1. The van der Waals surface area contributed by atoms with E-state index in [4.69, 9.17) is 9.47 Å². The molecule has 21 heavy (non-hydrogen) atoms. The Bertz CT molecular complexity index is 554. The lowest BCUT2D eigenvalue weighted by Crippen LogP contribution is -2.32. The van der Waals surface area contributed by atoms with Crippen LogP contribution in [-0.4, -0.2) is 24.3 Å². The topological polar surface area (TPSA) is 55.8 Å². The second-order valence-corrected chi connectivity index (χ2v) is 4.60. The SMILES string of the molecule is COC(=O)C(OCc1ccccc1)C(O)c1ccccc1. The fourth-order valence-electron chi connectivity index (χ4n) is 1.99. The molecule has 0 bridgehead atoms. The molecule has 0 fully saturated rings. The van der Waals surface area contributed by atoms with Crippen molar-refractivity contribution in [2.24, 2.45) is 0 Å². The van der Waals surface area contributed by atoms with Gasteiger partial charge in [-0.3, -0.25) is 0 Å². The summed E-state index contributed by atoms with van der Waals surface area (Å²) in [6, 6.07) is 18.4. The zero-order valence-corrected chi connectivity index (χ0v) is 11.8. The van der Waals surface area contributed by atoms with Gasteiger partial charge in [-0.15, -0.1) is 0 Å².